The van der Waals surface area contributed by atoms with Gasteiger partial charge in [-0.25, -0.2) is 0 Å². The Kier molecular flexibility index (Phi) is 24.5. The fraction of sp³-hybridized carbons (Fsp3) is 0.500. The van der Waals surface area contributed by atoms with E-state index in [1.54, 1.807) is 0 Å². The van der Waals surface area contributed by atoms with Crippen LogP contribution in [0.3, 0.4) is 0 Å². The Morgan fingerprint density at radius 2 is 1.67 bits per heavy atom. The van der Waals surface area contributed by atoms with Gasteiger partial charge < -0.3 is 10.6 Å². The normalized spacial score (nSPS) is 4.17. The average Bonchev–Trinajstić information content (AvgIpc) is 0.811. The summed E-state index contributed by atoms with van der Waals surface area (Å²) in [4.78, 5) is 9.00. The topological polar surface area (TPSA) is 68.8 Å². The number of hydrogen-bond donors (Lipinski definition) is 1. The van der Waals surface area contributed by atoms with E-state index in [-0.39, 0.29) is 27.9 Å². The molecule has 0 rings (SSSR count). The van der Waals surface area contributed by atoms with Crippen molar-refractivity contribution in [2.45, 2.75) is 6.92 Å². The molecule has 0 spiro atoms. The Morgan fingerprint density at radius 3 is 1.67 bits per heavy atom. The fourth-order valence-corrected chi connectivity index (χ4v) is 0. The van der Waals surface area contributed by atoms with Gasteiger partial charge in [0.15, 0.2) is 0 Å². The summed E-state index contributed by atoms with van der Waals surface area (Å²) in [5, 5.41) is 7.42. The van der Waals surface area contributed by atoms with Crippen LogP contribution in [-0.2, 0) is 27.2 Å². The van der Waals surface area contributed by atoms with Gasteiger partial charge in [-0.3, -0.25) is 4.79 Å². The first-order valence-corrected chi connectivity index (χ1v) is 0.928. The van der Waals surface area contributed by atoms with Gasteiger partial charge in [-0.2, -0.15) is 0 Å². The van der Waals surface area contributed by atoms with E-state index in [1.807, 2.05) is 0 Å². The molecular weight excluding hydrogens is 180 g/mol. The number of carboxylic acids is 1. The summed E-state index contributed by atoms with van der Waals surface area (Å²) in [5.74, 6) is -0.833. The molecule has 43 valence electrons. The number of carboxylic acid groups (broad SMARTS) is 1. The molecular formula is C2H6AgO3. The van der Waals surface area contributed by atoms with Crippen molar-refractivity contribution in [3.05, 3.63) is 0 Å². The molecule has 0 aromatic carbocycles. The SMILES string of the molecule is CC(=O)O.O.[Ag]. The van der Waals surface area contributed by atoms with Crippen LogP contribution in [0.5, 0.6) is 0 Å². The number of hydrogen-bond acceptors (Lipinski definition) is 1. The second kappa shape index (κ2) is 8.95. The van der Waals surface area contributed by atoms with Crippen LogP contribution in [0, 0.1) is 0 Å². The molecule has 0 aromatic rings. The van der Waals surface area contributed by atoms with Crippen LogP contribution < -0.4 is 0 Å². The van der Waals surface area contributed by atoms with Crippen LogP contribution in [0.15, 0.2) is 0 Å². The maximum Gasteiger partial charge on any atom is 0.300 e. The Bertz CT molecular complexity index is 31.8. The van der Waals surface area contributed by atoms with E-state index in [0.717, 1.165) is 6.92 Å². The molecule has 0 atom stereocenters. The molecule has 0 unspecified atom stereocenters. The van der Waals surface area contributed by atoms with E-state index in [0.29, 0.717) is 0 Å². The molecule has 0 aliphatic carbocycles. The molecule has 0 aliphatic rings. The molecule has 0 heterocycles. The quantitative estimate of drug-likeness (QED) is 0.506. The fourth-order valence-electron chi connectivity index (χ4n) is 0. The minimum Gasteiger partial charge on any atom is -0.481 e. The van der Waals surface area contributed by atoms with Crippen LogP contribution in [0.2, 0.25) is 0 Å². The van der Waals surface area contributed by atoms with Gasteiger partial charge in [0.25, 0.3) is 5.97 Å². The molecule has 1 radical (unpaired) electrons. The van der Waals surface area contributed by atoms with E-state index in [4.69, 9.17) is 9.90 Å². The van der Waals surface area contributed by atoms with E-state index >= 15 is 0 Å². The predicted octanol–water partition coefficient (Wildman–Crippen LogP) is -0.736. The Hall–Kier alpha value is 0.170. The van der Waals surface area contributed by atoms with Crippen molar-refractivity contribution >= 4 is 5.97 Å². The maximum atomic E-state index is 9.00. The summed E-state index contributed by atoms with van der Waals surface area (Å²) in [5.41, 5.74) is 0. The number of carbonyl (C=O) groups is 1. The van der Waals surface area contributed by atoms with Crippen molar-refractivity contribution in [3.63, 3.8) is 0 Å². The first-order chi connectivity index (χ1) is 1.73. The predicted molar refractivity (Wildman–Crippen MR) is 16.9 cm³/mol. The van der Waals surface area contributed by atoms with Gasteiger partial charge in [-0.15, -0.1) is 0 Å². The van der Waals surface area contributed by atoms with Crippen molar-refractivity contribution in [3.8, 4) is 0 Å². The van der Waals surface area contributed by atoms with Gasteiger partial charge in [0.2, 0.25) is 0 Å². The largest absolute Gasteiger partial charge is 0.481 e. The smallest absolute Gasteiger partial charge is 0.300 e. The molecule has 6 heavy (non-hydrogen) atoms. The van der Waals surface area contributed by atoms with E-state index in [2.05, 4.69) is 0 Å². The van der Waals surface area contributed by atoms with Gasteiger partial charge in [-0.1, -0.05) is 0 Å². The number of rotatable bonds is 0. The van der Waals surface area contributed by atoms with Gasteiger partial charge >= 0.3 is 0 Å². The summed E-state index contributed by atoms with van der Waals surface area (Å²) >= 11 is 0. The maximum absolute atomic E-state index is 9.00. The minimum absolute atomic E-state index is 0. The number of aliphatic carboxylic acids is 1. The molecule has 3 nitrogen and oxygen atoms in total. The van der Waals surface area contributed by atoms with Crippen molar-refractivity contribution in [2.75, 3.05) is 0 Å². The monoisotopic (exact) mass is 185 g/mol. The van der Waals surface area contributed by atoms with Gasteiger partial charge in [0.1, 0.15) is 0 Å². The van der Waals surface area contributed by atoms with E-state index in [9.17, 15) is 0 Å². The first-order valence-electron chi connectivity index (χ1n) is 0.928. The third-order valence-electron chi connectivity index (χ3n) is 0. The molecule has 4 heteroatoms. The second-order valence-corrected chi connectivity index (χ2v) is 0.519. The van der Waals surface area contributed by atoms with Gasteiger partial charge in [0, 0.05) is 29.3 Å². The standard InChI is InChI=1S/C2H4O2.Ag.H2O/c1-2(3)4;;/h1H3,(H,3,4);;1H2. The Labute approximate surface area is 51.2 Å². The van der Waals surface area contributed by atoms with Gasteiger partial charge in [0.05, 0.1) is 0 Å². The molecule has 0 bridgehead atoms. The molecule has 0 fully saturated rings. The Morgan fingerprint density at radius 1 is 1.67 bits per heavy atom. The van der Waals surface area contributed by atoms with E-state index < -0.39 is 5.97 Å². The zero-order valence-corrected chi connectivity index (χ0v) is 4.64. The van der Waals surface area contributed by atoms with Crippen molar-refractivity contribution in [1.29, 1.82) is 0 Å². The minimum atomic E-state index is -0.833. The molecule has 0 amide bonds. The average molecular weight is 186 g/mol. The molecule has 3 N–H and O–H groups in total. The molecule has 0 saturated carbocycles. The summed E-state index contributed by atoms with van der Waals surface area (Å²) in [6.45, 7) is 1.08. The van der Waals surface area contributed by atoms with E-state index in [1.165, 1.54) is 0 Å². The summed E-state index contributed by atoms with van der Waals surface area (Å²) in [7, 11) is 0. The first kappa shape index (κ1) is 16.4. The summed E-state index contributed by atoms with van der Waals surface area (Å²) in [6, 6.07) is 0. The summed E-state index contributed by atoms with van der Waals surface area (Å²) < 4.78 is 0. The zero-order valence-electron chi connectivity index (χ0n) is 3.16. The van der Waals surface area contributed by atoms with Crippen molar-refractivity contribution < 1.29 is 37.8 Å². The van der Waals surface area contributed by atoms with Crippen LogP contribution in [-0.4, -0.2) is 16.6 Å². The third-order valence-corrected chi connectivity index (χ3v) is 0. The van der Waals surface area contributed by atoms with Crippen molar-refractivity contribution in [2.24, 2.45) is 0 Å². The van der Waals surface area contributed by atoms with Crippen molar-refractivity contribution in [1.82, 2.24) is 0 Å². The molecule has 0 aromatic heterocycles. The summed E-state index contributed by atoms with van der Waals surface area (Å²) in [6.07, 6.45) is 0. The van der Waals surface area contributed by atoms with Crippen LogP contribution >= 0.6 is 0 Å². The zero-order chi connectivity index (χ0) is 3.58. The third kappa shape index (κ3) is 1450. The molecule has 0 saturated heterocycles. The van der Waals surface area contributed by atoms with Crippen LogP contribution in [0.25, 0.3) is 0 Å². The van der Waals surface area contributed by atoms with Gasteiger partial charge in [-0.05, 0) is 0 Å². The van der Waals surface area contributed by atoms with Crippen LogP contribution in [0.1, 0.15) is 6.92 Å². The second-order valence-electron chi connectivity index (χ2n) is 0.519. The molecule has 0 aliphatic heterocycles. The Balaban J connectivity index is -0.0000000450. The van der Waals surface area contributed by atoms with Crippen LogP contribution in [0.4, 0.5) is 0 Å².